The highest BCUT2D eigenvalue weighted by Crippen LogP contribution is 2.29. The third-order valence-corrected chi connectivity index (χ3v) is 3.41. The molecule has 2 nitrogen and oxygen atoms in total. The largest absolute Gasteiger partial charge is 0.508 e. The number of hydrogen-bond donors (Lipinski definition) is 2. The summed E-state index contributed by atoms with van der Waals surface area (Å²) >= 11 is 0. The third kappa shape index (κ3) is 3.08. The molecule has 0 aliphatic rings. The number of aromatic hydroxyl groups is 1. The first kappa shape index (κ1) is 13.5. The van der Waals surface area contributed by atoms with Gasteiger partial charge in [-0.15, -0.1) is 0 Å². The standard InChI is InChI=1S/C17H21NO/c1-11-6-8-16(13(3)9-11)18-14(4)15-7-5-12(2)10-17(15)19/h5-10,14,18-19H,1-4H3. The Morgan fingerprint density at radius 3 is 2.21 bits per heavy atom. The smallest absolute Gasteiger partial charge is 0.121 e. The molecule has 100 valence electrons. The van der Waals surface area contributed by atoms with Crippen LogP contribution in [0.2, 0.25) is 0 Å². The molecule has 19 heavy (non-hydrogen) atoms. The second kappa shape index (κ2) is 5.35. The maximum atomic E-state index is 10.0. The molecule has 0 spiro atoms. The van der Waals surface area contributed by atoms with E-state index in [1.807, 2.05) is 19.1 Å². The Balaban J connectivity index is 2.23. The molecule has 2 heteroatoms. The number of hydrogen-bond acceptors (Lipinski definition) is 2. The maximum Gasteiger partial charge on any atom is 0.121 e. The minimum atomic E-state index is 0.0713. The number of phenols is 1. The van der Waals surface area contributed by atoms with Gasteiger partial charge in [0, 0.05) is 11.3 Å². The molecule has 0 aliphatic carbocycles. The number of phenolic OH excluding ortho intramolecular Hbond substituents is 1. The lowest BCUT2D eigenvalue weighted by Crippen LogP contribution is -2.08. The van der Waals surface area contributed by atoms with Gasteiger partial charge in [0.25, 0.3) is 0 Å². The van der Waals surface area contributed by atoms with Crippen LogP contribution >= 0.6 is 0 Å². The van der Waals surface area contributed by atoms with E-state index in [-0.39, 0.29) is 6.04 Å². The van der Waals surface area contributed by atoms with Crippen LogP contribution in [0.4, 0.5) is 5.69 Å². The van der Waals surface area contributed by atoms with Crippen LogP contribution in [0.3, 0.4) is 0 Å². The number of nitrogens with one attached hydrogen (secondary N) is 1. The molecule has 2 N–H and O–H groups in total. The Hall–Kier alpha value is -1.96. The molecule has 0 heterocycles. The third-order valence-electron chi connectivity index (χ3n) is 3.41. The van der Waals surface area contributed by atoms with E-state index in [1.165, 1.54) is 11.1 Å². The summed E-state index contributed by atoms with van der Waals surface area (Å²) in [4.78, 5) is 0. The van der Waals surface area contributed by atoms with Crippen molar-refractivity contribution in [2.45, 2.75) is 33.7 Å². The van der Waals surface area contributed by atoms with Crippen LogP contribution in [0.5, 0.6) is 5.75 Å². The Morgan fingerprint density at radius 2 is 1.58 bits per heavy atom. The average Bonchev–Trinajstić information content (AvgIpc) is 2.32. The first-order valence-corrected chi connectivity index (χ1v) is 6.60. The van der Waals surface area contributed by atoms with E-state index >= 15 is 0 Å². The van der Waals surface area contributed by atoms with Gasteiger partial charge in [-0.1, -0.05) is 29.8 Å². The van der Waals surface area contributed by atoms with Crippen LogP contribution in [0, 0.1) is 20.8 Å². The summed E-state index contributed by atoms with van der Waals surface area (Å²) in [6.07, 6.45) is 0. The Morgan fingerprint density at radius 1 is 0.947 bits per heavy atom. The van der Waals surface area contributed by atoms with Gasteiger partial charge in [-0.25, -0.2) is 0 Å². The summed E-state index contributed by atoms with van der Waals surface area (Å²) in [5.74, 6) is 0.352. The minimum Gasteiger partial charge on any atom is -0.508 e. The maximum absolute atomic E-state index is 10.0. The van der Waals surface area contributed by atoms with Gasteiger partial charge in [0.15, 0.2) is 0 Å². The van der Waals surface area contributed by atoms with Gasteiger partial charge >= 0.3 is 0 Å². The second-order valence-corrected chi connectivity index (χ2v) is 5.25. The summed E-state index contributed by atoms with van der Waals surface area (Å²) in [6.45, 7) is 8.22. The molecule has 1 unspecified atom stereocenters. The first-order valence-electron chi connectivity index (χ1n) is 6.60. The molecule has 0 aliphatic heterocycles. The van der Waals surface area contributed by atoms with Crippen LogP contribution in [0.1, 0.15) is 35.2 Å². The number of anilines is 1. The summed E-state index contributed by atoms with van der Waals surface area (Å²) in [5.41, 5.74) is 5.58. The van der Waals surface area contributed by atoms with Crippen LogP contribution in [-0.4, -0.2) is 5.11 Å². The average molecular weight is 255 g/mol. The van der Waals surface area contributed by atoms with Crippen molar-refractivity contribution in [1.29, 1.82) is 0 Å². The molecule has 0 aromatic heterocycles. The predicted molar refractivity (Wildman–Crippen MR) is 80.8 cm³/mol. The van der Waals surface area contributed by atoms with Gasteiger partial charge in [-0.3, -0.25) is 0 Å². The van der Waals surface area contributed by atoms with Gasteiger partial charge < -0.3 is 10.4 Å². The molecule has 2 aromatic rings. The second-order valence-electron chi connectivity index (χ2n) is 5.25. The molecular weight excluding hydrogens is 234 g/mol. The van der Waals surface area contributed by atoms with Crippen LogP contribution in [-0.2, 0) is 0 Å². The van der Waals surface area contributed by atoms with Crippen molar-refractivity contribution in [2.24, 2.45) is 0 Å². The molecule has 0 bridgehead atoms. The molecule has 0 radical (unpaired) electrons. The molecule has 0 fully saturated rings. The van der Waals surface area contributed by atoms with Gasteiger partial charge in [0.1, 0.15) is 5.75 Å². The lowest BCUT2D eigenvalue weighted by atomic mass is 10.0. The van der Waals surface area contributed by atoms with Gasteiger partial charge in [-0.05, 0) is 51.0 Å². The SMILES string of the molecule is Cc1ccc(NC(C)c2ccc(C)cc2O)c(C)c1. The van der Waals surface area contributed by atoms with Crippen LogP contribution in [0.15, 0.2) is 36.4 Å². The summed E-state index contributed by atoms with van der Waals surface area (Å²) < 4.78 is 0. The molecule has 2 aromatic carbocycles. The molecule has 0 saturated heterocycles. The summed E-state index contributed by atoms with van der Waals surface area (Å²) in [7, 11) is 0. The lowest BCUT2D eigenvalue weighted by molar-refractivity contribution is 0.465. The Kier molecular flexibility index (Phi) is 3.79. The monoisotopic (exact) mass is 255 g/mol. The topological polar surface area (TPSA) is 32.3 Å². The fraction of sp³-hybridized carbons (Fsp3) is 0.294. The van der Waals surface area contributed by atoms with Crippen molar-refractivity contribution >= 4 is 5.69 Å². The molecule has 1 atom stereocenters. The molecule has 0 saturated carbocycles. The van der Waals surface area contributed by atoms with E-state index in [9.17, 15) is 5.11 Å². The molecule has 2 rings (SSSR count). The summed E-state index contributed by atoms with van der Waals surface area (Å²) in [5, 5.41) is 13.5. The zero-order valence-electron chi connectivity index (χ0n) is 12.0. The number of rotatable bonds is 3. The van der Waals surface area contributed by atoms with E-state index < -0.39 is 0 Å². The van der Waals surface area contributed by atoms with E-state index in [1.54, 1.807) is 6.07 Å². The van der Waals surface area contributed by atoms with E-state index in [2.05, 4.69) is 44.3 Å². The van der Waals surface area contributed by atoms with Crippen molar-refractivity contribution < 1.29 is 5.11 Å². The van der Waals surface area contributed by atoms with Gasteiger partial charge in [0.05, 0.1) is 6.04 Å². The zero-order chi connectivity index (χ0) is 14.0. The van der Waals surface area contributed by atoms with Crippen LogP contribution < -0.4 is 5.32 Å². The highest BCUT2D eigenvalue weighted by atomic mass is 16.3. The van der Waals surface area contributed by atoms with Gasteiger partial charge in [-0.2, -0.15) is 0 Å². The van der Waals surface area contributed by atoms with Crippen molar-refractivity contribution in [2.75, 3.05) is 5.32 Å². The lowest BCUT2D eigenvalue weighted by Gasteiger charge is -2.19. The fourth-order valence-corrected chi connectivity index (χ4v) is 2.31. The van der Waals surface area contributed by atoms with Crippen molar-refractivity contribution in [3.8, 4) is 5.75 Å². The van der Waals surface area contributed by atoms with E-state index in [0.717, 1.165) is 16.8 Å². The zero-order valence-corrected chi connectivity index (χ0v) is 12.0. The van der Waals surface area contributed by atoms with E-state index in [0.29, 0.717) is 5.75 Å². The minimum absolute atomic E-state index is 0.0713. The van der Waals surface area contributed by atoms with Gasteiger partial charge in [0.2, 0.25) is 0 Å². The van der Waals surface area contributed by atoms with Crippen molar-refractivity contribution in [1.82, 2.24) is 0 Å². The Labute approximate surface area is 115 Å². The quantitative estimate of drug-likeness (QED) is 0.847. The highest BCUT2D eigenvalue weighted by molar-refractivity contribution is 5.54. The number of benzene rings is 2. The molecular formula is C17H21NO. The predicted octanol–water partition coefficient (Wildman–Crippen LogP) is 4.49. The molecule has 0 amide bonds. The Bertz CT molecular complexity index is 590. The van der Waals surface area contributed by atoms with E-state index in [4.69, 9.17) is 0 Å². The first-order chi connectivity index (χ1) is 8.97. The normalized spacial score (nSPS) is 12.2. The fourth-order valence-electron chi connectivity index (χ4n) is 2.31. The van der Waals surface area contributed by atoms with Crippen molar-refractivity contribution in [3.63, 3.8) is 0 Å². The van der Waals surface area contributed by atoms with Crippen molar-refractivity contribution in [3.05, 3.63) is 58.7 Å². The summed E-state index contributed by atoms with van der Waals surface area (Å²) in [6, 6.07) is 12.2. The van der Waals surface area contributed by atoms with Crippen LogP contribution in [0.25, 0.3) is 0 Å². The highest BCUT2D eigenvalue weighted by Gasteiger charge is 2.11. The number of aryl methyl sites for hydroxylation is 3.